The van der Waals surface area contributed by atoms with Crippen molar-refractivity contribution in [2.75, 3.05) is 20.8 Å². The lowest BCUT2D eigenvalue weighted by Crippen LogP contribution is -2.66. The zero-order chi connectivity index (χ0) is 20.7. The van der Waals surface area contributed by atoms with Gasteiger partial charge < -0.3 is 29.0 Å². The highest BCUT2D eigenvalue weighted by molar-refractivity contribution is 5.94. The summed E-state index contributed by atoms with van der Waals surface area (Å²) in [7, 11) is 2.83. The number of methoxy groups -OCH3 is 2. The van der Waals surface area contributed by atoms with Crippen molar-refractivity contribution in [2.45, 2.75) is 44.5 Å². The summed E-state index contributed by atoms with van der Waals surface area (Å²) in [4.78, 5) is 35.4. The van der Waals surface area contributed by atoms with E-state index in [1.54, 1.807) is 30.3 Å². The van der Waals surface area contributed by atoms with Gasteiger partial charge in [0.15, 0.2) is 12.4 Å². The van der Waals surface area contributed by atoms with Crippen LogP contribution in [0, 0.1) is 0 Å². The van der Waals surface area contributed by atoms with Crippen molar-refractivity contribution in [2.24, 2.45) is 0 Å². The first-order chi connectivity index (χ1) is 13.4. The van der Waals surface area contributed by atoms with E-state index >= 15 is 0 Å². The first kappa shape index (κ1) is 21.8. The molecule has 9 heteroatoms. The van der Waals surface area contributed by atoms with Gasteiger partial charge >= 0.3 is 11.9 Å². The molecule has 1 amide bonds. The summed E-state index contributed by atoms with van der Waals surface area (Å²) in [6, 6.07) is 7.83. The molecule has 1 N–H and O–H groups in total. The summed E-state index contributed by atoms with van der Waals surface area (Å²) >= 11 is 0. The third-order valence-electron chi connectivity index (χ3n) is 4.24. The van der Waals surface area contributed by atoms with Crippen LogP contribution < -0.4 is 5.32 Å². The van der Waals surface area contributed by atoms with E-state index < -0.39 is 42.6 Å². The van der Waals surface area contributed by atoms with E-state index in [2.05, 4.69) is 5.32 Å². The van der Waals surface area contributed by atoms with Gasteiger partial charge in [-0.05, 0) is 12.1 Å². The zero-order valence-corrected chi connectivity index (χ0v) is 16.2. The van der Waals surface area contributed by atoms with Crippen molar-refractivity contribution in [3.05, 3.63) is 35.9 Å². The standard InChI is InChI=1S/C19H25NO8/c1-11(21)26-10-14-16(27-12(2)22)17(24-3)15(19(25-4)28-14)20-18(23)13-8-6-5-7-9-13/h5-9,14-17,19H,10H2,1-4H3,(H,20,23)/t14-,15+,16+,17-,19-/m1/s1. The molecule has 28 heavy (non-hydrogen) atoms. The van der Waals surface area contributed by atoms with E-state index in [-0.39, 0.29) is 12.5 Å². The average molecular weight is 395 g/mol. The Morgan fingerprint density at radius 3 is 2.21 bits per heavy atom. The largest absolute Gasteiger partial charge is 0.463 e. The van der Waals surface area contributed by atoms with Gasteiger partial charge in [-0.3, -0.25) is 14.4 Å². The van der Waals surface area contributed by atoms with Gasteiger partial charge in [-0.15, -0.1) is 0 Å². The van der Waals surface area contributed by atoms with Gasteiger partial charge in [0, 0.05) is 33.6 Å². The van der Waals surface area contributed by atoms with Crippen molar-refractivity contribution in [1.82, 2.24) is 5.32 Å². The van der Waals surface area contributed by atoms with Crippen LogP contribution in [-0.2, 0) is 33.3 Å². The minimum absolute atomic E-state index is 0.160. The highest BCUT2D eigenvalue weighted by atomic mass is 16.7. The molecule has 0 spiro atoms. The van der Waals surface area contributed by atoms with Gasteiger partial charge in [-0.1, -0.05) is 18.2 Å². The average Bonchev–Trinajstić information content (AvgIpc) is 2.67. The van der Waals surface area contributed by atoms with E-state index in [1.807, 2.05) is 0 Å². The number of ether oxygens (including phenoxy) is 5. The molecule has 2 rings (SSSR count). The van der Waals surface area contributed by atoms with Gasteiger partial charge in [-0.2, -0.15) is 0 Å². The summed E-state index contributed by atoms with van der Waals surface area (Å²) < 4.78 is 27.1. The zero-order valence-electron chi connectivity index (χ0n) is 16.2. The lowest BCUT2D eigenvalue weighted by atomic mass is 9.96. The first-order valence-corrected chi connectivity index (χ1v) is 8.75. The van der Waals surface area contributed by atoms with Crippen LogP contribution in [0.4, 0.5) is 0 Å². The second-order valence-corrected chi connectivity index (χ2v) is 6.22. The fourth-order valence-electron chi connectivity index (χ4n) is 3.03. The molecule has 0 saturated carbocycles. The van der Waals surface area contributed by atoms with Crippen molar-refractivity contribution in [3.63, 3.8) is 0 Å². The smallest absolute Gasteiger partial charge is 0.303 e. The molecule has 0 unspecified atom stereocenters. The summed E-state index contributed by atoms with van der Waals surface area (Å²) in [5.41, 5.74) is 0.443. The number of benzene rings is 1. The number of carbonyl (C=O) groups is 3. The highest BCUT2D eigenvalue weighted by Crippen LogP contribution is 2.27. The maximum atomic E-state index is 12.6. The summed E-state index contributed by atoms with van der Waals surface area (Å²) in [6.45, 7) is 2.34. The monoisotopic (exact) mass is 395 g/mol. The normalized spacial score (nSPS) is 26.9. The number of rotatable bonds is 7. The minimum atomic E-state index is -0.922. The lowest BCUT2D eigenvalue weighted by molar-refractivity contribution is -0.271. The van der Waals surface area contributed by atoms with Crippen molar-refractivity contribution in [3.8, 4) is 0 Å². The van der Waals surface area contributed by atoms with Gasteiger partial charge in [-0.25, -0.2) is 0 Å². The highest BCUT2D eigenvalue weighted by Gasteiger charge is 2.49. The third kappa shape index (κ3) is 5.51. The first-order valence-electron chi connectivity index (χ1n) is 8.75. The summed E-state index contributed by atoms with van der Waals surface area (Å²) in [5.74, 6) is -1.43. The van der Waals surface area contributed by atoms with Crippen molar-refractivity contribution < 1.29 is 38.1 Å². The van der Waals surface area contributed by atoms with Crippen molar-refractivity contribution >= 4 is 17.8 Å². The van der Waals surface area contributed by atoms with E-state index in [9.17, 15) is 14.4 Å². The molecule has 1 aromatic rings. The van der Waals surface area contributed by atoms with Gasteiger partial charge in [0.05, 0.1) is 0 Å². The van der Waals surface area contributed by atoms with Crippen LogP contribution >= 0.6 is 0 Å². The number of hydrogen-bond donors (Lipinski definition) is 1. The van der Waals surface area contributed by atoms with Gasteiger partial charge in [0.25, 0.3) is 5.91 Å². The molecular weight excluding hydrogens is 370 g/mol. The van der Waals surface area contributed by atoms with Crippen LogP contribution in [0.2, 0.25) is 0 Å². The topological polar surface area (TPSA) is 109 Å². The fraction of sp³-hybridized carbons (Fsp3) is 0.526. The lowest BCUT2D eigenvalue weighted by Gasteiger charge is -2.44. The Kier molecular flexibility index (Phi) is 7.91. The van der Waals surface area contributed by atoms with Crippen LogP contribution in [0.1, 0.15) is 24.2 Å². The molecule has 0 aliphatic carbocycles. The number of nitrogens with one attached hydrogen (secondary N) is 1. The van der Waals surface area contributed by atoms with Crippen LogP contribution in [0.5, 0.6) is 0 Å². The molecule has 1 saturated heterocycles. The number of carbonyl (C=O) groups excluding carboxylic acids is 3. The second kappa shape index (κ2) is 10.2. The quantitative estimate of drug-likeness (QED) is 0.671. The van der Waals surface area contributed by atoms with Gasteiger partial charge in [0.1, 0.15) is 24.9 Å². The summed E-state index contributed by atoms with van der Waals surface area (Å²) in [5, 5.41) is 2.81. The fourth-order valence-corrected chi connectivity index (χ4v) is 3.03. The molecule has 9 nitrogen and oxygen atoms in total. The Hall–Kier alpha value is -2.49. The van der Waals surface area contributed by atoms with Gasteiger partial charge in [0.2, 0.25) is 0 Å². The Labute approximate surface area is 163 Å². The van der Waals surface area contributed by atoms with Crippen LogP contribution in [0.3, 0.4) is 0 Å². The molecular formula is C19H25NO8. The minimum Gasteiger partial charge on any atom is -0.463 e. The molecule has 154 valence electrons. The van der Waals surface area contributed by atoms with E-state index in [0.717, 1.165) is 0 Å². The van der Waals surface area contributed by atoms with E-state index in [1.165, 1.54) is 28.1 Å². The Bertz CT molecular complexity index is 680. The maximum absolute atomic E-state index is 12.6. The third-order valence-corrected chi connectivity index (χ3v) is 4.24. The van der Waals surface area contributed by atoms with E-state index in [0.29, 0.717) is 5.56 Å². The molecule has 1 heterocycles. The number of hydrogen-bond acceptors (Lipinski definition) is 8. The second-order valence-electron chi connectivity index (χ2n) is 6.22. The van der Waals surface area contributed by atoms with Crippen molar-refractivity contribution in [1.29, 1.82) is 0 Å². The maximum Gasteiger partial charge on any atom is 0.303 e. The molecule has 1 aromatic carbocycles. The predicted molar refractivity (Wildman–Crippen MR) is 96.4 cm³/mol. The number of esters is 2. The molecule has 1 fully saturated rings. The number of amides is 1. The molecule has 1 aliphatic rings. The van der Waals surface area contributed by atoms with Crippen LogP contribution in [0.25, 0.3) is 0 Å². The summed E-state index contributed by atoms with van der Waals surface area (Å²) in [6.07, 6.45) is -3.46. The van der Waals surface area contributed by atoms with Crippen LogP contribution in [-0.4, -0.2) is 69.3 Å². The predicted octanol–water partition coefficient (Wildman–Crippen LogP) is 0.666. The molecule has 1 aliphatic heterocycles. The van der Waals surface area contributed by atoms with Crippen LogP contribution in [0.15, 0.2) is 30.3 Å². The Morgan fingerprint density at radius 2 is 1.68 bits per heavy atom. The molecule has 0 aromatic heterocycles. The SMILES string of the molecule is CO[C@@H]1O[C@H](COC(C)=O)[C@H](OC(C)=O)[C@H](OC)[C@@H]1NC(=O)c1ccccc1. The molecule has 5 atom stereocenters. The Balaban J connectivity index is 2.26. The molecule has 0 bridgehead atoms. The van der Waals surface area contributed by atoms with E-state index in [4.69, 9.17) is 23.7 Å². The molecule has 0 radical (unpaired) electrons. The Morgan fingerprint density at radius 1 is 1.00 bits per heavy atom.